The summed E-state index contributed by atoms with van der Waals surface area (Å²) in [4.78, 5) is 11.1. The van der Waals surface area contributed by atoms with Crippen molar-refractivity contribution < 1.29 is 0 Å². The molecule has 2 heterocycles. The summed E-state index contributed by atoms with van der Waals surface area (Å²) in [6.07, 6.45) is 6.29. The zero-order valence-electron chi connectivity index (χ0n) is 11.8. The van der Waals surface area contributed by atoms with Crippen LogP contribution >= 0.6 is 0 Å². The third-order valence-corrected chi connectivity index (χ3v) is 3.51. The van der Waals surface area contributed by atoms with Crippen LogP contribution in [-0.2, 0) is 13.1 Å². The van der Waals surface area contributed by atoms with E-state index in [4.69, 9.17) is 0 Å². The highest BCUT2D eigenvalue weighted by Gasteiger charge is 2.21. The monoisotopic (exact) mass is 268 g/mol. The van der Waals surface area contributed by atoms with Gasteiger partial charge in [0.05, 0.1) is 12.2 Å². The summed E-state index contributed by atoms with van der Waals surface area (Å²) < 4.78 is 0. The Kier molecular flexibility index (Phi) is 3.92. The zero-order chi connectivity index (χ0) is 13.8. The summed E-state index contributed by atoms with van der Waals surface area (Å²) >= 11 is 0. The molecule has 3 rings (SSSR count). The molecule has 4 nitrogen and oxygen atoms in total. The maximum atomic E-state index is 4.53. The molecule has 0 unspecified atom stereocenters. The molecule has 104 valence electrons. The van der Waals surface area contributed by atoms with E-state index < -0.39 is 0 Å². The van der Waals surface area contributed by atoms with Crippen LogP contribution in [0.5, 0.6) is 0 Å². The smallest absolute Gasteiger partial charge is 0.133 e. The summed E-state index contributed by atoms with van der Waals surface area (Å²) in [5.74, 6) is 1.03. The lowest BCUT2D eigenvalue weighted by Crippen LogP contribution is -2.23. The van der Waals surface area contributed by atoms with Crippen molar-refractivity contribution >= 4 is 5.82 Å². The van der Waals surface area contributed by atoms with Crippen LogP contribution in [-0.4, -0.2) is 23.1 Å². The predicted octanol–water partition coefficient (Wildman–Crippen LogP) is 2.37. The highest BCUT2D eigenvalue weighted by Crippen LogP contribution is 2.22. The van der Waals surface area contributed by atoms with Crippen LogP contribution in [0.25, 0.3) is 0 Å². The Bertz CT molecular complexity index is 551. The minimum Gasteiger partial charge on any atom is -0.354 e. The van der Waals surface area contributed by atoms with Crippen LogP contribution in [0.15, 0.2) is 42.7 Å². The van der Waals surface area contributed by atoms with Crippen LogP contribution in [0.2, 0.25) is 0 Å². The van der Waals surface area contributed by atoms with Gasteiger partial charge in [-0.15, -0.1) is 0 Å². The first-order valence-electron chi connectivity index (χ1n) is 7.11. The number of pyridine rings is 2. The van der Waals surface area contributed by atoms with Crippen molar-refractivity contribution in [2.24, 2.45) is 0 Å². The second-order valence-electron chi connectivity index (χ2n) is 5.32. The summed E-state index contributed by atoms with van der Waals surface area (Å²) in [6.45, 7) is 1.66. The molecule has 4 heteroatoms. The van der Waals surface area contributed by atoms with E-state index in [1.165, 1.54) is 18.4 Å². The van der Waals surface area contributed by atoms with Crippen molar-refractivity contribution in [2.75, 3.05) is 11.9 Å². The van der Waals surface area contributed by atoms with E-state index in [0.29, 0.717) is 6.04 Å². The van der Waals surface area contributed by atoms with Crippen molar-refractivity contribution in [2.45, 2.75) is 32.0 Å². The van der Waals surface area contributed by atoms with E-state index in [1.54, 1.807) is 0 Å². The molecule has 0 spiro atoms. The molecule has 0 atom stereocenters. The lowest BCUT2D eigenvalue weighted by Gasteiger charge is -2.21. The van der Waals surface area contributed by atoms with E-state index in [1.807, 2.05) is 36.7 Å². The Hall–Kier alpha value is -1.94. The molecule has 1 N–H and O–H groups in total. The molecule has 1 saturated carbocycles. The van der Waals surface area contributed by atoms with Crippen molar-refractivity contribution in [3.05, 3.63) is 54.0 Å². The Labute approximate surface area is 119 Å². The lowest BCUT2D eigenvalue weighted by molar-refractivity contribution is 0.682. The Morgan fingerprint density at radius 3 is 2.75 bits per heavy atom. The van der Waals surface area contributed by atoms with Crippen LogP contribution in [0.3, 0.4) is 0 Å². The molecule has 1 fully saturated rings. The topological polar surface area (TPSA) is 41.1 Å². The first-order valence-corrected chi connectivity index (χ1v) is 7.11. The molecule has 0 radical (unpaired) electrons. The number of aromatic nitrogens is 2. The van der Waals surface area contributed by atoms with Crippen LogP contribution in [0, 0.1) is 0 Å². The maximum absolute atomic E-state index is 4.53. The van der Waals surface area contributed by atoms with Crippen LogP contribution < -0.4 is 10.2 Å². The van der Waals surface area contributed by atoms with Gasteiger partial charge in [0.25, 0.3) is 0 Å². The summed E-state index contributed by atoms with van der Waals surface area (Å²) in [5, 5.41) is 3.55. The van der Waals surface area contributed by atoms with Gasteiger partial charge in [-0.3, -0.25) is 4.98 Å². The third kappa shape index (κ3) is 3.33. The average Bonchev–Trinajstić information content (AvgIpc) is 3.31. The van der Waals surface area contributed by atoms with Gasteiger partial charge in [-0.1, -0.05) is 12.1 Å². The Balaban J connectivity index is 1.71. The van der Waals surface area contributed by atoms with E-state index in [0.717, 1.165) is 24.6 Å². The number of anilines is 1. The van der Waals surface area contributed by atoms with Gasteiger partial charge >= 0.3 is 0 Å². The van der Waals surface area contributed by atoms with Gasteiger partial charge in [-0.05, 0) is 31.0 Å². The second kappa shape index (κ2) is 6.01. The number of rotatable bonds is 6. The highest BCUT2D eigenvalue weighted by atomic mass is 15.2. The maximum Gasteiger partial charge on any atom is 0.133 e. The third-order valence-electron chi connectivity index (χ3n) is 3.51. The van der Waals surface area contributed by atoms with Crippen molar-refractivity contribution in [3.8, 4) is 0 Å². The van der Waals surface area contributed by atoms with Gasteiger partial charge in [0, 0.05) is 37.6 Å². The van der Waals surface area contributed by atoms with Gasteiger partial charge < -0.3 is 10.2 Å². The standard InChI is InChI=1S/C16H20N4/c1-20(12-15-6-2-3-9-17-15)16-13(5-4-10-18-16)11-19-14-7-8-14/h2-6,9-10,14,19H,7-8,11-12H2,1H3. The molecule has 1 aliphatic rings. The minimum absolute atomic E-state index is 0.712. The molecule has 0 bridgehead atoms. The van der Waals surface area contributed by atoms with Crippen molar-refractivity contribution in [3.63, 3.8) is 0 Å². The van der Waals surface area contributed by atoms with Crippen molar-refractivity contribution in [1.82, 2.24) is 15.3 Å². The van der Waals surface area contributed by atoms with Gasteiger partial charge in [-0.25, -0.2) is 4.98 Å². The van der Waals surface area contributed by atoms with E-state index in [9.17, 15) is 0 Å². The molecule has 2 aromatic rings. The van der Waals surface area contributed by atoms with Gasteiger partial charge in [0.2, 0.25) is 0 Å². The van der Waals surface area contributed by atoms with Crippen molar-refractivity contribution in [1.29, 1.82) is 0 Å². The molecule has 0 amide bonds. The summed E-state index contributed by atoms with van der Waals surface area (Å²) in [7, 11) is 2.07. The molecule has 20 heavy (non-hydrogen) atoms. The molecular formula is C16H20N4. The highest BCUT2D eigenvalue weighted by molar-refractivity contribution is 5.46. The molecule has 0 aliphatic heterocycles. The quantitative estimate of drug-likeness (QED) is 0.873. The Morgan fingerprint density at radius 1 is 1.15 bits per heavy atom. The van der Waals surface area contributed by atoms with Gasteiger partial charge in [0.1, 0.15) is 5.82 Å². The summed E-state index contributed by atoms with van der Waals surface area (Å²) in [5.41, 5.74) is 2.31. The first kappa shape index (κ1) is 13.1. The number of nitrogens with zero attached hydrogens (tertiary/aromatic N) is 3. The largest absolute Gasteiger partial charge is 0.354 e. The normalized spacial score (nSPS) is 14.2. The first-order chi connectivity index (χ1) is 9.83. The summed E-state index contributed by atoms with van der Waals surface area (Å²) in [6, 6.07) is 10.9. The molecule has 0 aromatic carbocycles. The van der Waals surface area contributed by atoms with Gasteiger partial charge in [0.15, 0.2) is 0 Å². The molecule has 2 aromatic heterocycles. The van der Waals surface area contributed by atoms with E-state index >= 15 is 0 Å². The molecule has 0 saturated heterocycles. The van der Waals surface area contributed by atoms with E-state index in [-0.39, 0.29) is 0 Å². The van der Waals surface area contributed by atoms with Crippen LogP contribution in [0.4, 0.5) is 5.82 Å². The fourth-order valence-corrected chi connectivity index (χ4v) is 2.26. The average molecular weight is 268 g/mol. The minimum atomic E-state index is 0.712. The molecular weight excluding hydrogens is 248 g/mol. The fraction of sp³-hybridized carbons (Fsp3) is 0.375. The predicted molar refractivity (Wildman–Crippen MR) is 80.4 cm³/mol. The van der Waals surface area contributed by atoms with Crippen LogP contribution in [0.1, 0.15) is 24.1 Å². The zero-order valence-corrected chi connectivity index (χ0v) is 11.8. The molecule has 1 aliphatic carbocycles. The number of nitrogens with one attached hydrogen (secondary N) is 1. The Morgan fingerprint density at radius 2 is 2.00 bits per heavy atom. The number of hydrogen-bond acceptors (Lipinski definition) is 4. The van der Waals surface area contributed by atoms with E-state index in [2.05, 4.69) is 33.3 Å². The second-order valence-corrected chi connectivity index (χ2v) is 5.32. The SMILES string of the molecule is CN(Cc1ccccn1)c1ncccc1CNC1CC1. The fourth-order valence-electron chi connectivity index (χ4n) is 2.26. The number of hydrogen-bond donors (Lipinski definition) is 1. The lowest BCUT2D eigenvalue weighted by atomic mass is 10.2. The van der Waals surface area contributed by atoms with Gasteiger partial charge in [-0.2, -0.15) is 0 Å².